The van der Waals surface area contributed by atoms with Crippen molar-refractivity contribution < 1.29 is 13.6 Å². The van der Waals surface area contributed by atoms with Crippen LogP contribution in [0.2, 0.25) is 0 Å². The van der Waals surface area contributed by atoms with Gasteiger partial charge in [0.25, 0.3) is 5.91 Å². The molecular formula is C15H10F2N4O. The second kappa shape index (κ2) is 5.36. The van der Waals surface area contributed by atoms with E-state index in [0.717, 1.165) is 0 Å². The van der Waals surface area contributed by atoms with Gasteiger partial charge in [0.05, 0.1) is 5.69 Å². The molecule has 0 aliphatic rings. The molecule has 0 saturated heterocycles. The van der Waals surface area contributed by atoms with Crippen molar-refractivity contribution in [3.8, 4) is 17.1 Å². The monoisotopic (exact) mass is 300 g/mol. The summed E-state index contributed by atoms with van der Waals surface area (Å²) in [6, 6.07) is 11.0. The van der Waals surface area contributed by atoms with Crippen LogP contribution in [0.1, 0.15) is 10.6 Å². The van der Waals surface area contributed by atoms with Crippen molar-refractivity contribution in [2.24, 2.45) is 5.73 Å². The molecule has 2 aromatic carbocycles. The number of hydrogen-bond acceptors (Lipinski definition) is 3. The number of amides is 1. The van der Waals surface area contributed by atoms with E-state index in [1.54, 1.807) is 0 Å². The fourth-order valence-electron chi connectivity index (χ4n) is 1.96. The third kappa shape index (κ3) is 2.56. The zero-order chi connectivity index (χ0) is 15.7. The third-order valence-electron chi connectivity index (χ3n) is 3.00. The van der Waals surface area contributed by atoms with E-state index in [2.05, 4.69) is 10.1 Å². The summed E-state index contributed by atoms with van der Waals surface area (Å²) in [5, 5.41) is 4.02. The molecule has 0 fully saturated rings. The lowest BCUT2D eigenvalue weighted by Crippen LogP contribution is -2.13. The van der Waals surface area contributed by atoms with E-state index in [-0.39, 0.29) is 5.82 Å². The molecule has 5 nitrogen and oxygen atoms in total. The summed E-state index contributed by atoms with van der Waals surface area (Å²) in [5.74, 6) is -1.46. The summed E-state index contributed by atoms with van der Waals surface area (Å²) >= 11 is 0. The predicted octanol–water partition coefficient (Wildman–Crippen LogP) is 2.31. The Morgan fingerprint density at radius 2 is 1.50 bits per heavy atom. The number of halogens is 2. The zero-order valence-electron chi connectivity index (χ0n) is 11.2. The number of carbonyl (C=O) groups is 1. The fourth-order valence-corrected chi connectivity index (χ4v) is 1.96. The lowest BCUT2D eigenvalue weighted by Gasteiger charge is -2.05. The Morgan fingerprint density at radius 3 is 2.05 bits per heavy atom. The van der Waals surface area contributed by atoms with Gasteiger partial charge >= 0.3 is 0 Å². The number of rotatable bonds is 3. The van der Waals surface area contributed by atoms with Gasteiger partial charge in [-0.15, -0.1) is 5.10 Å². The number of primary amides is 1. The van der Waals surface area contributed by atoms with Crippen LogP contribution in [-0.4, -0.2) is 20.7 Å². The molecular weight excluding hydrogens is 290 g/mol. The Balaban J connectivity index is 2.17. The Morgan fingerprint density at radius 1 is 0.955 bits per heavy atom. The Kier molecular flexibility index (Phi) is 3.38. The van der Waals surface area contributed by atoms with Gasteiger partial charge in [-0.1, -0.05) is 0 Å². The van der Waals surface area contributed by atoms with Crippen molar-refractivity contribution >= 4 is 5.91 Å². The highest BCUT2D eigenvalue weighted by molar-refractivity contribution is 5.89. The van der Waals surface area contributed by atoms with E-state index in [1.165, 1.54) is 53.2 Å². The first kappa shape index (κ1) is 13.9. The van der Waals surface area contributed by atoms with Crippen LogP contribution >= 0.6 is 0 Å². The molecule has 0 unspecified atom stereocenters. The highest BCUT2D eigenvalue weighted by Gasteiger charge is 2.16. The highest BCUT2D eigenvalue weighted by Crippen LogP contribution is 2.21. The summed E-state index contributed by atoms with van der Waals surface area (Å²) < 4.78 is 27.4. The van der Waals surface area contributed by atoms with Gasteiger partial charge in [-0.05, 0) is 48.5 Å². The van der Waals surface area contributed by atoms with Crippen molar-refractivity contribution in [2.75, 3.05) is 0 Å². The van der Waals surface area contributed by atoms with Gasteiger partial charge in [0.1, 0.15) is 11.6 Å². The minimum atomic E-state index is -0.788. The third-order valence-corrected chi connectivity index (χ3v) is 3.00. The number of nitrogens with zero attached hydrogens (tertiary/aromatic N) is 3. The van der Waals surface area contributed by atoms with Gasteiger partial charge in [0.15, 0.2) is 5.82 Å². The van der Waals surface area contributed by atoms with Gasteiger partial charge in [-0.25, -0.2) is 18.4 Å². The first-order valence-electron chi connectivity index (χ1n) is 6.33. The molecule has 1 heterocycles. The van der Waals surface area contributed by atoms with Gasteiger partial charge in [0, 0.05) is 5.56 Å². The Bertz CT molecular complexity index is 763. The fraction of sp³-hybridized carbons (Fsp3) is 0. The van der Waals surface area contributed by atoms with Crippen LogP contribution in [0.25, 0.3) is 17.1 Å². The number of carbonyl (C=O) groups excluding carboxylic acids is 1. The molecule has 3 rings (SSSR count). The molecule has 0 saturated carbocycles. The number of hydrogen-bond donors (Lipinski definition) is 1. The molecule has 0 aliphatic heterocycles. The van der Waals surface area contributed by atoms with Crippen LogP contribution in [-0.2, 0) is 0 Å². The maximum atomic E-state index is 13.0. The number of benzene rings is 2. The van der Waals surface area contributed by atoms with Crippen LogP contribution in [0, 0.1) is 11.6 Å². The standard InChI is InChI=1S/C15H10F2N4O/c16-10-3-1-9(2-4-10)15-19-14(13(18)22)20-21(15)12-7-5-11(17)6-8-12/h1-8H,(H2,18,22). The van der Waals surface area contributed by atoms with Crippen molar-refractivity contribution in [3.05, 3.63) is 66.0 Å². The van der Waals surface area contributed by atoms with Gasteiger partial charge in [-0.2, -0.15) is 0 Å². The van der Waals surface area contributed by atoms with Crippen molar-refractivity contribution in [2.45, 2.75) is 0 Å². The smallest absolute Gasteiger partial charge is 0.288 e. The van der Waals surface area contributed by atoms with E-state index in [9.17, 15) is 13.6 Å². The minimum absolute atomic E-state index is 0.177. The van der Waals surface area contributed by atoms with Gasteiger partial charge < -0.3 is 5.73 Å². The lowest BCUT2D eigenvalue weighted by molar-refractivity contribution is 0.0990. The normalized spacial score (nSPS) is 10.6. The molecule has 22 heavy (non-hydrogen) atoms. The SMILES string of the molecule is NC(=O)c1nc(-c2ccc(F)cc2)n(-c2ccc(F)cc2)n1. The molecule has 3 aromatic rings. The van der Waals surface area contributed by atoms with Crippen molar-refractivity contribution in [3.63, 3.8) is 0 Å². The molecule has 0 bridgehead atoms. The van der Waals surface area contributed by atoms with Crippen LogP contribution in [0.4, 0.5) is 8.78 Å². The van der Waals surface area contributed by atoms with E-state index in [0.29, 0.717) is 17.1 Å². The summed E-state index contributed by atoms with van der Waals surface area (Å²) in [6.45, 7) is 0. The van der Waals surface area contributed by atoms with E-state index >= 15 is 0 Å². The second-order valence-corrected chi connectivity index (χ2v) is 4.52. The molecule has 0 radical (unpaired) electrons. The summed E-state index contributed by atoms with van der Waals surface area (Å²) in [5.41, 5.74) is 6.25. The summed E-state index contributed by atoms with van der Waals surface area (Å²) in [6.07, 6.45) is 0. The molecule has 1 amide bonds. The van der Waals surface area contributed by atoms with E-state index in [1.807, 2.05) is 0 Å². The minimum Gasteiger partial charge on any atom is -0.363 e. The Hall–Kier alpha value is -3.09. The highest BCUT2D eigenvalue weighted by atomic mass is 19.1. The number of aromatic nitrogens is 3. The zero-order valence-corrected chi connectivity index (χ0v) is 11.2. The summed E-state index contributed by atoms with van der Waals surface area (Å²) in [4.78, 5) is 15.4. The predicted molar refractivity (Wildman–Crippen MR) is 75.2 cm³/mol. The molecule has 0 spiro atoms. The van der Waals surface area contributed by atoms with Crippen LogP contribution in [0.15, 0.2) is 48.5 Å². The first-order valence-corrected chi connectivity index (χ1v) is 6.33. The molecule has 110 valence electrons. The summed E-state index contributed by atoms with van der Waals surface area (Å²) in [7, 11) is 0. The van der Waals surface area contributed by atoms with Gasteiger partial charge in [0.2, 0.25) is 5.82 Å². The van der Waals surface area contributed by atoms with E-state index < -0.39 is 17.5 Å². The number of nitrogens with two attached hydrogens (primary N) is 1. The maximum Gasteiger partial charge on any atom is 0.288 e. The van der Waals surface area contributed by atoms with Gasteiger partial charge in [-0.3, -0.25) is 4.79 Å². The second-order valence-electron chi connectivity index (χ2n) is 4.52. The Labute approximate surface area is 124 Å². The van der Waals surface area contributed by atoms with Crippen LogP contribution in [0.3, 0.4) is 0 Å². The maximum absolute atomic E-state index is 13.0. The van der Waals surface area contributed by atoms with Crippen LogP contribution < -0.4 is 5.73 Å². The topological polar surface area (TPSA) is 73.8 Å². The van der Waals surface area contributed by atoms with Crippen LogP contribution in [0.5, 0.6) is 0 Å². The molecule has 0 aliphatic carbocycles. The first-order chi connectivity index (χ1) is 10.5. The van der Waals surface area contributed by atoms with E-state index in [4.69, 9.17) is 5.73 Å². The average Bonchev–Trinajstić information content (AvgIpc) is 2.94. The quantitative estimate of drug-likeness (QED) is 0.806. The van der Waals surface area contributed by atoms with Crippen molar-refractivity contribution in [1.29, 1.82) is 0 Å². The lowest BCUT2D eigenvalue weighted by atomic mass is 10.2. The molecule has 7 heteroatoms. The molecule has 0 atom stereocenters. The van der Waals surface area contributed by atoms with Crippen molar-refractivity contribution in [1.82, 2.24) is 14.8 Å². The molecule has 1 aromatic heterocycles. The molecule has 2 N–H and O–H groups in total. The largest absolute Gasteiger partial charge is 0.363 e. The average molecular weight is 300 g/mol.